The molecule has 1 aromatic carbocycles. The minimum absolute atomic E-state index is 0.401. The van der Waals surface area contributed by atoms with Crippen LogP contribution in [0.4, 0.5) is 0 Å². The summed E-state index contributed by atoms with van der Waals surface area (Å²) in [5.41, 5.74) is 1.76. The first-order valence-electron chi connectivity index (χ1n) is 6.93. The normalized spacial score (nSPS) is 23.9. The topological polar surface area (TPSA) is 21.3 Å². The van der Waals surface area contributed by atoms with Gasteiger partial charge >= 0.3 is 0 Å². The Kier molecular flexibility index (Phi) is 3.96. The van der Waals surface area contributed by atoms with Gasteiger partial charge in [-0.15, -0.1) is 0 Å². The van der Waals surface area contributed by atoms with E-state index in [0.29, 0.717) is 17.5 Å². The minimum atomic E-state index is 0.401. The number of hydrogen-bond donors (Lipinski definition) is 1. The number of nitrogens with one attached hydrogen (secondary N) is 1. The molecule has 1 aromatic rings. The minimum Gasteiger partial charge on any atom is -0.497 e. The van der Waals surface area contributed by atoms with E-state index < -0.39 is 0 Å². The van der Waals surface area contributed by atoms with Crippen molar-refractivity contribution in [2.24, 2.45) is 5.41 Å². The highest BCUT2D eigenvalue weighted by Crippen LogP contribution is 2.38. The van der Waals surface area contributed by atoms with Gasteiger partial charge < -0.3 is 10.1 Å². The average molecular weight is 247 g/mol. The zero-order valence-electron chi connectivity index (χ0n) is 12.0. The van der Waals surface area contributed by atoms with Crippen LogP contribution in [0, 0.1) is 5.41 Å². The lowest BCUT2D eigenvalue weighted by Gasteiger charge is -2.31. The molecule has 18 heavy (non-hydrogen) atoms. The monoisotopic (exact) mass is 247 g/mol. The molecule has 2 nitrogen and oxygen atoms in total. The van der Waals surface area contributed by atoms with Gasteiger partial charge in [-0.2, -0.15) is 0 Å². The first kappa shape index (κ1) is 13.4. The van der Waals surface area contributed by atoms with Crippen molar-refractivity contribution in [3.05, 3.63) is 29.8 Å². The predicted octanol–water partition coefficient (Wildman–Crippen LogP) is 3.92. The lowest BCUT2D eigenvalue weighted by molar-refractivity contribution is 0.266. The third-order valence-electron chi connectivity index (χ3n) is 4.32. The van der Waals surface area contributed by atoms with Crippen LogP contribution in [-0.4, -0.2) is 13.2 Å². The first-order chi connectivity index (χ1) is 8.53. The van der Waals surface area contributed by atoms with Gasteiger partial charge in [0.15, 0.2) is 0 Å². The second kappa shape index (κ2) is 5.31. The molecule has 0 spiro atoms. The third-order valence-corrected chi connectivity index (χ3v) is 4.32. The summed E-state index contributed by atoms with van der Waals surface area (Å²) in [5, 5.41) is 3.78. The lowest BCUT2D eigenvalue weighted by atomic mass is 9.86. The molecule has 0 saturated heterocycles. The van der Waals surface area contributed by atoms with Crippen molar-refractivity contribution in [2.75, 3.05) is 7.11 Å². The molecular formula is C16H25NO. The summed E-state index contributed by atoms with van der Waals surface area (Å²) in [4.78, 5) is 0. The van der Waals surface area contributed by atoms with Gasteiger partial charge in [0.05, 0.1) is 7.11 Å². The Balaban J connectivity index is 2.00. The van der Waals surface area contributed by atoms with Gasteiger partial charge in [0.1, 0.15) is 5.75 Å². The van der Waals surface area contributed by atoms with Crippen LogP contribution in [0.2, 0.25) is 0 Å². The fraction of sp³-hybridized carbons (Fsp3) is 0.625. The first-order valence-corrected chi connectivity index (χ1v) is 6.93. The van der Waals surface area contributed by atoms with Crippen molar-refractivity contribution in [3.63, 3.8) is 0 Å². The predicted molar refractivity (Wildman–Crippen MR) is 76.0 cm³/mol. The smallest absolute Gasteiger partial charge is 0.118 e. The molecule has 0 radical (unpaired) electrons. The fourth-order valence-corrected chi connectivity index (χ4v) is 2.93. The molecular weight excluding hydrogens is 222 g/mol. The number of rotatable bonds is 4. The Morgan fingerprint density at radius 3 is 2.44 bits per heavy atom. The van der Waals surface area contributed by atoms with E-state index in [1.807, 2.05) is 12.1 Å². The van der Waals surface area contributed by atoms with E-state index in [0.717, 1.165) is 5.75 Å². The van der Waals surface area contributed by atoms with E-state index in [1.54, 1.807) is 7.11 Å². The summed E-state index contributed by atoms with van der Waals surface area (Å²) in [6.07, 6.45) is 3.98. The highest BCUT2D eigenvalue weighted by molar-refractivity contribution is 5.28. The van der Waals surface area contributed by atoms with Gasteiger partial charge in [-0.05, 0) is 42.9 Å². The standard InChI is InChI=1S/C16H25NO/c1-12(13-7-9-14(18-4)10-8-13)17-15-6-5-11-16(15,2)3/h7-10,12,15,17H,5-6,11H2,1-4H3/t12-,15?/m0/s1. The van der Waals surface area contributed by atoms with Crippen molar-refractivity contribution < 1.29 is 4.74 Å². The number of hydrogen-bond acceptors (Lipinski definition) is 2. The summed E-state index contributed by atoms with van der Waals surface area (Å²) in [5.74, 6) is 0.923. The van der Waals surface area contributed by atoms with Crippen molar-refractivity contribution in [2.45, 2.75) is 52.1 Å². The van der Waals surface area contributed by atoms with Gasteiger partial charge in [-0.1, -0.05) is 32.4 Å². The molecule has 0 amide bonds. The van der Waals surface area contributed by atoms with Gasteiger partial charge in [-0.25, -0.2) is 0 Å². The van der Waals surface area contributed by atoms with Crippen molar-refractivity contribution in [1.82, 2.24) is 5.32 Å². The Hall–Kier alpha value is -1.02. The Morgan fingerprint density at radius 1 is 1.28 bits per heavy atom. The Morgan fingerprint density at radius 2 is 1.94 bits per heavy atom. The second-order valence-corrected chi connectivity index (χ2v) is 6.09. The average Bonchev–Trinajstić information content (AvgIpc) is 2.69. The van der Waals surface area contributed by atoms with Crippen LogP contribution >= 0.6 is 0 Å². The summed E-state index contributed by atoms with van der Waals surface area (Å²) >= 11 is 0. The van der Waals surface area contributed by atoms with Crippen molar-refractivity contribution in [3.8, 4) is 5.75 Å². The van der Waals surface area contributed by atoms with Crippen LogP contribution in [0.3, 0.4) is 0 Å². The number of ether oxygens (including phenoxy) is 1. The SMILES string of the molecule is COc1ccc([C@H](C)NC2CCCC2(C)C)cc1. The van der Waals surface area contributed by atoms with Gasteiger partial charge in [0, 0.05) is 12.1 Å². The molecule has 1 aliphatic carbocycles. The zero-order valence-corrected chi connectivity index (χ0v) is 12.0. The van der Waals surface area contributed by atoms with E-state index in [4.69, 9.17) is 4.74 Å². The molecule has 0 aliphatic heterocycles. The largest absolute Gasteiger partial charge is 0.497 e. The molecule has 1 aliphatic rings. The molecule has 1 N–H and O–H groups in total. The highest BCUT2D eigenvalue weighted by Gasteiger charge is 2.34. The summed E-state index contributed by atoms with van der Waals surface area (Å²) in [6, 6.07) is 9.41. The van der Waals surface area contributed by atoms with Crippen LogP contribution < -0.4 is 10.1 Å². The Labute approximate surface area is 111 Å². The van der Waals surface area contributed by atoms with Crippen molar-refractivity contribution >= 4 is 0 Å². The van der Waals surface area contributed by atoms with Crippen molar-refractivity contribution in [1.29, 1.82) is 0 Å². The van der Waals surface area contributed by atoms with E-state index in [-0.39, 0.29) is 0 Å². The van der Waals surface area contributed by atoms with E-state index in [1.165, 1.54) is 24.8 Å². The van der Waals surface area contributed by atoms with Crippen LogP contribution in [0.5, 0.6) is 5.75 Å². The summed E-state index contributed by atoms with van der Waals surface area (Å²) < 4.78 is 5.20. The highest BCUT2D eigenvalue weighted by atomic mass is 16.5. The van der Waals surface area contributed by atoms with E-state index in [9.17, 15) is 0 Å². The quantitative estimate of drug-likeness (QED) is 0.870. The van der Waals surface area contributed by atoms with Crippen LogP contribution in [-0.2, 0) is 0 Å². The molecule has 100 valence electrons. The zero-order chi connectivity index (χ0) is 13.2. The van der Waals surface area contributed by atoms with E-state index in [2.05, 4.69) is 38.2 Å². The van der Waals surface area contributed by atoms with Gasteiger partial charge in [0.2, 0.25) is 0 Å². The molecule has 2 rings (SSSR count). The molecule has 2 atom stereocenters. The molecule has 1 unspecified atom stereocenters. The Bertz CT molecular complexity index is 383. The fourth-order valence-electron chi connectivity index (χ4n) is 2.93. The number of methoxy groups -OCH3 is 1. The lowest BCUT2D eigenvalue weighted by Crippen LogP contribution is -2.39. The summed E-state index contributed by atoms with van der Waals surface area (Å²) in [7, 11) is 1.71. The maximum absolute atomic E-state index is 5.20. The third kappa shape index (κ3) is 2.86. The molecule has 0 aromatic heterocycles. The molecule has 2 heteroatoms. The van der Waals surface area contributed by atoms with E-state index >= 15 is 0 Å². The number of benzene rings is 1. The maximum atomic E-state index is 5.20. The van der Waals surface area contributed by atoms with Crippen LogP contribution in [0.25, 0.3) is 0 Å². The van der Waals surface area contributed by atoms with Gasteiger partial charge in [-0.3, -0.25) is 0 Å². The maximum Gasteiger partial charge on any atom is 0.118 e. The van der Waals surface area contributed by atoms with Crippen LogP contribution in [0.15, 0.2) is 24.3 Å². The van der Waals surface area contributed by atoms with Crippen LogP contribution in [0.1, 0.15) is 51.6 Å². The second-order valence-electron chi connectivity index (χ2n) is 6.09. The molecule has 1 fully saturated rings. The molecule has 0 bridgehead atoms. The van der Waals surface area contributed by atoms with Gasteiger partial charge in [0.25, 0.3) is 0 Å². The summed E-state index contributed by atoms with van der Waals surface area (Å²) in [6.45, 7) is 6.99. The molecule has 1 saturated carbocycles. The molecule has 0 heterocycles.